The van der Waals surface area contributed by atoms with E-state index in [0.29, 0.717) is 24.2 Å². The number of rotatable bonds is 4. The third kappa shape index (κ3) is 4.79. The molecular formula is C29H34N4O3. The summed E-state index contributed by atoms with van der Waals surface area (Å²) in [6.45, 7) is 5.35. The average Bonchev–Trinajstić information content (AvgIpc) is 3.31. The van der Waals surface area contributed by atoms with Crippen molar-refractivity contribution in [2.45, 2.75) is 32.7 Å². The lowest BCUT2D eigenvalue weighted by atomic mass is 9.98. The second-order valence-corrected chi connectivity index (χ2v) is 8.77. The molecule has 0 unspecified atom stereocenters. The number of hydrogen-bond acceptors (Lipinski definition) is 4. The van der Waals surface area contributed by atoms with Crippen molar-refractivity contribution >= 4 is 33.6 Å². The maximum absolute atomic E-state index is 13.1. The fourth-order valence-electron chi connectivity index (χ4n) is 4.71. The minimum absolute atomic E-state index is 0.0102. The summed E-state index contributed by atoms with van der Waals surface area (Å²) in [6.07, 6.45) is 1.64. The number of amides is 2. The maximum atomic E-state index is 13.1. The van der Waals surface area contributed by atoms with E-state index in [1.807, 2.05) is 67.3 Å². The molecule has 3 aromatic carbocycles. The zero-order valence-electron chi connectivity index (χ0n) is 21.4. The number of piperidine rings is 1. The van der Waals surface area contributed by atoms with Gasteiger partial charge in [-0.15, -0.1) is 0 Å². The maximum Gasteiger partial charge on any atom is 0.253 e. The molecule has 2 amide bonds. The van der Waals surface area contributed by atoms with Crippen LogP contribution >= 0.6 is 0 Å². The lowest BCUT2D eigenvalue weighted by molar-refractivity contribution is 0.0714. The Bertz CT molecular complexity index is 1400. The van der Waals surface area contributed by atoms with Crippen LogP contribution < -0.4 is 15.8 Å². The van der Waals surface area contributed by atoms with Crippen LogP contribution in [0.2, 0.25) is 0 Å². The van der Waals surface area contributed by atoms with Gasteiger partial charge < -0.3 is 25.7 Å². The van der Waals surface area contributed by atoms with Crippen LogP contribution in [0, 0.1) is 0 Å². The highest BCUT2D eigenvalue weighted by Gasteiger charge is 2.23. The van der Waals surface area contributed by atoms with Gasteiger partial charge in [0.05, 0.1) is 18.2 Å². The summed E-state index contributed by atoms with van der Waals surface area (Å²) in [5.74, 6) is 0.582. The van der Waals surface area contributed by atoms with Gasteiger partial charge in [-0.1, -0.05) is 32.0 Å². The molecule has 1 aromatic heterocycles. The number of nitrogens with one attached hydrogen (secondary N) is 2. The SMILES string of the molecule is CC.CNC(=O)c1cc(-c2cccc(OC)c2)cc2c1[nH]c1cc(C(=O)N3CCC(N)CC3)ccc12. The molecule has 7 nitrogen and oxygen atoms in total. The van der Waals surface area contributed by atoms with E-state index in [0.717, 1.165) is 51.5 Å². The van der Waals surface area contributed by atoms with Gasteiger partial charge in [0.25, 0.3) is 11.8 Å². The highest BCUT2D eigenvalue weighted by atomic mass is 16.5. The number of benzene rings is 3. The van der Waals surface area contributed by atoms with Crippen molar-refractivity contribution in [2.75, 3.05) is 27.2 Å². The van der Waals surface area contributed by atoms with Crippen LogP contribution in [0.4, 0.5) is 0 Å². The average molecular weight is 487 g/mol. The smallest absolute Gasteiger partial charge is 0.253 e. The molecule has 7 heteroatoms. The molecule has 5 rings (SSSR count). The number of likely N-dealkylation sites (tertiary alicyclic amines) is 1. The first-order valence-electron chi connectivity index (χ1n) is 12.5. The van der Waals surface area contributed by atoms with E-state index in [9.17, 15) is 9.59 Å². The summed E-state index contributed by atoms with van der Waals surface area (Å²) in [4.78, 5) is 31.1. The van der Waals surface area contributed by atoms with Gasteiger partial charge in [0.1, 0.15) is 5.75 Å². The highest BCUT2D eigenvalue weighted by molar-refractivity contribution is 6.17. The van der Waals surface area contributed by atoms with Crippen molar-refractivity contribution < 1.29 is 14.3 Å². The largest absolute Gasteiger partial charge is 0.497 e. The molecular weight excluding hydrogens is 452 g/mol. The summed E-state index contributed by atoms with van der Waals surface area (Å²) in [5, 5.41) is 4.63. The second kappa shape index (κ2) is 10.8. The minimum Gasteiger partial charge on any atom is -0.497 e. The molecule has 1 aliphatic rings. The van der Waals surface area contributed by atoms with Gasteiger partial charge in [-0.2, -0.15) is 0 Å². The lowest BCUT2D eigenvalue weighted by Gasteiger charge is -2.30. The standard InChI is InChI=1S/C27H28N4O3.C2H6/c1-29-26(32)23-14-18(16-4-3-5-20(12-16)34-2)13-22-21-7-6-17(15-24(21)30-25(22)23)27(33)31-10-8-19(28)9-11-31;1-2/h3-7,12-15,19,30H,8-11,28H2,1-2H3,(H,29,32);1-2H3. The van der Waals surface area contributed by atoms with E-state index in [-0.39, 0.29) is 17.9 Å². The Kier molecular flexibility index (Phi) is 7.60. The van der Waals surface area contributed by atoms with Gasteiger partial charge in [0.2, 0.25) is 0 Å². The molecule has 4 aromatic rings. The summed E-state index contributed by atoms with van der Waals surface area (Å²) < 4.78 is 5.38. The topological polar surface area (TPSA) is 100 Å². The number of hydrogen-bond donors (Lipinski definition) is 3. The van der Waals surface area contributed by atoms with Crippen LogP contribution in [0.1, 0.15) is 47.4 Å². The molecule has 0 aliphatic carbocycles. The molecule has 36 heavy (non-hydrogen) atoms. The van der Waals surface area contributed by atoms with E-state index >= 15 is 0 Å². The van der Waals surface area contributed by atoms with Gasteiger partial charge in [-0.25, -0.2) is 0 Å². The van der Waals surface area contributed by atoms with Crippen molar-refractivity contribution in [1.29, 1.82) is 0 Å². The van der Waals surface area contributed by atoms with Crippen molar-refractivity contribution in [3.8, 4) is 16.9 Å². The van der Waals surface area contributed by atoms with Gasteiger partial charge in [-0.05, 0) is 60.4 Å². The Labute approximate surface area is 211 Å². The van der Waals surface area contributed by atoms with Crippen molar-refractivity contribution in [1.82, 2.24) is 15.2 Å². The fourth-order valence-corrected chi connectivity index (χ4v) is 4.71. The van der Waals surface area contributed by atoms with Crippen LogP contribution in [0.3, 0.4) is 0 Å². The highest BCUT2D eigenvalue weighted by Crippen LogP contribution is 2.34. The zero-order chi connectivity index (χ0) is 25.8. The molecule has 0 atom stereocenters. The molecule has 0 saturated carbocycles. The Morgan fingerprint density at radius 2 is 1.75 bits per heavy atom. The summed E-state index contributed by atoms with van der Waals surface area (Å²) >= 11 is 0. The van der Waals surface area contributed by atoms with Gasteiger partial charge in [0, 0.05) is 48.0 Å². The molecule has 1 saturated heterocycles. The molecule has 188 valence electrons. The molecule has 1 aliphatic heterocycles. The van der Waals surface area contributed by atoms with E-state index in [1.54, 1.807) is 14.2 Å². The predicted octanol–water partition coefficient (Wildman–Crippen LogP) is 4.95. The van der Waals surface area contributed by atoms with Crippen LogP contribution in [-0.4, -0.2) is 55.0 Å². The lowest BCUT2D eigenvalue weighted by Crippen LogP contribution is -2.42. The number of carbonyl (C=O) groups excluding carboxylic acids is 2. The number of aromatic nitrogens is 1. The minimum atomic E-state index is -0.178. The number of ether oxygens (including phenoxy) is 1. The van der Waals surface area contributed by atoms with Crippen LogP contribution in [0.25, 0.3) is 32.9 Å². The number of aromatic amines is 1. The Morgan fingerprint density at radius 1 is 1.00 bits per heavy atom. The number of nitrogens with two attached hydrogens (primary N) is 1. The Hall–Kier alpha value is -3.84. The molecule has 1 fully saturated rings. The van der Waals surface area contributed by atoms with E-state index in [2.05, 4.69) is 16.4 Å². The first-order chi connectivity index (χ1) is 17.5. The van der Waals surface area contributed by atoms with Crippen LogP contribution in [0.5, 0.6) is 5.75 Å². The number of carbonyl (C=O) groups is 2. The fraction of sp³-hybridized carbons (Fsp3) is 0.310. The van der Waals surface area contributed by atoms with Crippen molar-refractivity contribution in [3.05, 3.63) is 65.7 Å². The Balaban J connectivity index is 0.00000148. The third-order valence-electron chi connectivity index (χ3n) is 6.66. The normalized spacial score (nSPS) is 13.9. The first kappa shape index (κ1) is 25.3. The molecule has 0 bridgehead atoms. The molecule has 2 heterocycles. The number of fused-ring (bicyclic) bond motifs is 3. The quantitative estimate of drug-likeness (QED) is 0.380. The predicted molar refractivity (Wildman–Crippen MR) is 146 cm³/mol. The molecule has 0 spiro atoms. The summed E-state index contributed by atoms with van der Waals surface area (Å²) in [5.41, 5.74) is 10.6. The van der Waals surface area contributed by atoms with Crippen molar-refractivity contribution in [2.24, 2.45) is 5.73 Å². The van der Waals surface area contributed by atoms with Crippen molar-refractivity contribution in [3.63, 3.8) is 0 Å². The molecule has 0 radical (unpaired) electrons. The number of methoxy groups -OCH3 is 1. The van der Waals surface area contributed by atoms with E-state index in [4.69, 9.17) is 10.5 Å². The molecule has 4 N–H and O–H groups in total. The Morgan fingerprint density at radius 3 is 2.44 bits per heavy atom. The first-order valence-corrected chi connectivity index (χ1v) is 12.5. The monoisotopic (exact) mass is 486 g/mol. The van der Waals surface area contributed by atoms with Gasteiger partial charge >= 0.3 is 0 Å². The zero-order valence-corrected chi connectivity index (χ0v) is 21.4. The number of nitrogens with zero attached hydrogens (tertiary/aromatic N) is 1. The number of H-pyrrole nitrogens is 1. The van der Waals surface area contributed by atoms with Gasteiger partial charge in [0.15, 0.2) is 0 Å². The van der Waals surface area contributed by atoms with Crippen LogP contribution in [0.15, 0.2) is 54.6 Å². The third-order valence-corrected chi connectivity index (χ3v) is 6.66. The van der Waals surface area contributed by atoms with E-state index in [1.165, 1.54) is 0 Å². The summed E-state index contributed by atoms with van der Waals surface area (Å²) in [6, 6.07) is 17.6. The van der Waals surface area contributed by atoms with E-state index < -0.39 is 0 Å². The van der Waals surface area contributed by atoms with Crippen LogP contribution in [-0.2, 0) is 0 Å². The second-order valence-electron chi connectivity index (χ2n) is 8.77. The van der Waals surface area contributed by atoms with Gasteiger partial charge in [-0.3, -0.25) is 9.59 Å². The summed E-state index contributed by atoms with van der Waals surface area (Å²) in [7, 11) is 3.26.